The van der Waals surface area contributed by atoms with E-state index in [1.807, 2.05) is 10.9 Å². The summed E-state index contributed by atoms with van der Waals surface area (Å²) < 4.78 is 1.88. The summed E-state index contributed by atoms with van der Waals surface area (Å²) in [6.07, 6.45) is 5.33. The van der Waals surface area contributed by atoms with E-state index in [0.29, 0.717) is 11.7 Å². The first-order chi connectivity index (χ1) is 6.68. The Morgan fingerprint density at radius 1 is 1.43 bits per heavy atom. The van der Waals surface area contributed by atoms with Crippen molar-refractivity contribution in [3.8, 4) is 11.3 Å². The van der Waals surface area contributed by atoms with Gasteiger partial charge in [0.2, 0.25) is 0 Å². The Kier molecular flexibility index (Phi) is 1.99. The Balaban J connectivity index is 2.39. The van der Waals surface area contributed by atoms with Crippen molar-refractivity contribution in [1.29, 1.82) is 0 Å². The zero-order chi connectivity index (χ0) is 10.1. The second-order valence-electron chi connectivity index (χ2n) is 3.50. The fourth-order valence-corrected chi connectivity index (χ4v) is 1.28. The van der Waals surface area contributed by atoms with Crippen molar-refractivity contribution in [2.45, 2.75) is 19.9 Å². The van der Waals surface area contributed by atoms with E-state index in [-0.39, 0.29) is 0 Å². The second-order valence-corrected chi connectivity index (χ2v) is 3.50. The van der Waals surface area contributed by atoms with Crippen LogP contribution in [0.5, 0.6) is 0 Å². The molecule has 0 fully saturated rings. The minimum absolute atomic E-state index is 0.355. The van der Waals surface area contributed by atoms with Gasteiger partial charge in [0.15, 0.2) is 0 Å². The summed E-state index contributed by atoms with van der Waals surface area (Å²) in [5.74, 6) is 0. The number of hydrogen-bond donors (Lipinski definition) is 2. The predicted octanol–water partition coefficient (Wildman–Crippen LogP) is 1.44. The Bertz CT molecular complexity index is 426. The third kappa shape index (κ3) is 1.37. The van der Waals surface area contributed by atoms with Crippen LogP contribution in [0.4, 0.5) is 5.69 Å². The fraction of sp³-hybridized carbons (Fsp3) is 0.333. The van der Waals surface area contributed by atoms with Gasteiger partial charge in [-0.1, -0.05) is 0 Å². The number of nitrogens with two attached hydrogens (primary N) is 1. The van der Waals surface area contributed by atoms with Gasteiger partial charge in [0.25, 0.3) is 0 Å². The lowest BCUT2D eigenvalue weighted by molar-refractivity contribution is 0.532. The maximum Gasteiger partial charge on any atom is 0.0911 e. The number of aromatic amines is 1. The van der Waals surface area contributed by atoms with Crippen molar-refractivity contribution in [2.24, 2.45) is 0 Å². The molecule has 0 amide bonds. The Morgan fingerprint density at radius 3 is 2.71 bits per heavy atom. The molecular weight excluding hydrogens is 178 g/mol. The molecule has 0 unspecified atom stereocenters. The number of rotatable bonds is 2. The number of aromatic nitrogens is 4. The highest BCUT2D eigenvalue weighted by Crippen LogP contribution is 2.22. The van der Waals surface area contributed by atoms with E-state index in [1.165, 1.54) is 0 Å². The van der Waals surface area contributed by atoms with Crippen LogP contribution in [0.3, 0.4) is 0 Å². The van der Waals surface area contributed by atoms with Crippen LogP contribution in [0.2, 0.25) is 0 Å². The molecule has 0 aliphatic carbocycles. The highest BCUT2D eigenvalue weighted by molar-refractivity contribution is 5.70. The minimum atomic E-state index is 0.355. The molecule has 3 N–H and O–H groups in total. The van der Waals surface area contributed by atoms with Gasteiger partial charge < -0.3 is 5.73 Å². The lowest BCUT2D eigenvalue weighted by Crippen LogP contribution is -1.99. The maximum atomic E-state index is 5.73. The van der Waals surface area contributed by atoms with Crippen molar-refractivity contribution in [3.63, 3.8) is 0 Å². The van der Waals surface area contributed by atoms with E-state index in [9.17, 15) is 0 Å². The summed E-state index contributed by atoms with van der Waals surface area (Å²) in [4.78, 5) is 0. The summed E-state index contributed by atoms with van der Waals surface area (Å²) in [7, 11) is 0. The molecule has 0 aliphatic heterocycles. The summed E-state index contributed by atoms with van der Waals surface area (Å²) in [5.41, 5.74) is 8.17. The smallest absolute Gasteiger partial charge is 0.0911 e. The highest BCUT2D eigenvalue weighted by atomic mass is 15.3. The Labute approximate surface area is 81.9 Å². The summed E-state index contributed by atoms with van der Waals surface area (Å²) >= 11 is 0. The van der Waals surface area contributed by atoms with Crippen molar-refractivity contribution < 1.29 is 0 Å². The molecule has 0 aliphatic rings. The topological polar surface area (TPSA) is 72.5 Å². The van der Waals surface area contributed by atoms with Gasteiger partial charge in [-0.15, -0.1) is 0 Å². The standard InChI is InChI=1S/C9H13N5/c1-6(2)14-5-7(3-12-14)9-8(10)4-11-13-9/h3-6H,10H2,1-2H3,(H,11,13). The first-order valence-corrected chi connectivity index (χ1v) is 4.52. The molecule has 5 heteroatoms. The summed E-state index contributed by atoms with van der Waals surface area (Å²) in [5, 5.41) is 10.9. The molecule has 5 nitrogen and oxygen atoms in total. The van der Waals surface area contributed by atoms with E-state index < -0.39 is 0 Å². The number of nitrogens with one attached hydrogen (secondary N) is 1. The zero-order valence-electron chi connectivity index (χ0n) is 8.23. The van der Waals surface area contributed by atoms with Crippen LogP contribution in [-0.4, -0.2) is 20.0 Å². The molecule has 0 atom stereocenters. The van der Waals surface area contributed by atoms with E-state index >= 15 is 0 Å². The highest BCUT2D eigenvalue weighted by Gasteiger charge is 2.08. The normalized spacial score (nSPS) is 11.1. The molecule has 74 valence electrons. The third-order valence-electron chi connectivity index (χ3n) is 2.09. The van der Waals surface area contributed by atoms with Gasteiger partial charge >= 0.3 is 0 Å². The van der Waals surface area contributed by atoms with E-state index in [1.54, 1.807) is 12.4 Å². The van der Waals surface area contributed by atoms with Crippen molar-refractivity contribution >= 4 is 5.69 Å². The quantitative estimate of drug-likeness (QED) is 0.754. The third-order valence-corrected chi connectivity index (χ3v) is 2.09. The van der Waals surface area contributed by atoms with E-state index in [0.717, 1.165) is 11.3 Å². The van der Waals surface area contributed by atoms with Gasteiger partial charge in [0.1, 0.15) is 0 Å². The SMILES string of the molecule is CC(C)n1cc(-c2[nH]ncc2N)cn1. The second kappa shape index (κ2) is 3.17. The van der Waals surface area contributed by atoms with Gasteiger partial charge in [-0.25, -0.2) is 0 Å². The number of hydrogen-bond acceptors (Lipinski definition) is 3. The molecule has 2 aromatic rings. The number of anilines is 1. The maximum absolute atomic E-state index is 5.73. The average molecular weight is 191 g/mol. The van der Waals surface area contributed by atoms with Crippen LogP contribution in [0.15, 0.2) is 18.6 Å². The van der Waals surface area contributed by atoms with Crippen LogP contribution in [-0.2, 0) is 0 Å². The first kappa shape index (κ1) is 8.80. The van der Waals surface area contributed by atoms with Crippen LogP contribution in [0.1, 0.15) is 19.9 Å². The van der Waals surface area contributed by atoms with Crippen molar-refractivity contribution in [2.75, 3.05) is 5.73 Å². The van der Waals surface area contributed by atoms with Gasteiger partial charge in [-0.2, -0.15) is 10.2 Å². The van der Waals surface area contributed by atoms with Crippen LogP contribution in [0, 0.1) is 0 Å². The molecule has 2 rings (SSSR count). The number of H-pyrrole nitrogens is 1. The first-order valence-electron chi connectivity index (χ1n) is 4.52. The van der Waals surface area contributed by atoms with Gasteiger partial charge in [-0.3, -0.25) is 9.78 Å². The molecular formula is C9H13N5. The molecule has 0 saturated carbocycles. The lowest BCUT2D eigenvalue weighted by atomic mass is 10.2. The van der Waals surface area contributed by atoms with Gasteiger partial charge in [0.05, 0.1) is 23.8 Å². The molecule has 0 radical (unpaired) electrons. The van der Waals surface area contributed by atoms with Crippen LogP contribution in [0.25, 0.3) is 11.3 Å². The molecule has 2 heterocycles. The summed E-state index contributed by atoms with van der Waals surface area (Å²) in [6, 6.07) is 0.355. The Morgan fingerprint density at radius 2 is 2.21 bits per heavy atom. The largest absolute Gasteiger partial charge is 0.396 e. The molecule has 0 saturated heterocycles. The molecule has 2 aromatic heterocycles. The molecule has 14 heavy (non-hydrogen) atoms. The van der Waals surface area contributed by atoms with Gasteiger partial charge in [0, 0.05) is 17.8 Å². The van der Waals surface area contributed by atoms with Crippen molar-refractivity contribution in [3.05, 3.63) is 18.6 Å². The number of nitrogen functional groups attached to an aromatic ring is 1. The molecule has 0 aromatic carbocycles. The monoisotopic (exact) mass is 191 g/mol. The van der Waals surface area contributed by atoms with E-state index in [4.69, 9.17) is 5.73 Å². The van der Waals surface area contributed by atoms with Crippen LogP contribution >= 0.6 is 0 Å². The predicted molar refractivity (Wildman–Crippen MR) is 54.6 cm³/mol. The summed E-state index contributed by atoms with van der Waals surface area (Å²) in [6.45, 7) is 4.15. The Hall–Kier alpha value is -1.78. The lowest BCUT2D eigenvalue weighted by Gasteiger charge is -2.02. The fourth-order valence-electron chi connectivity index (χ4n) is 1.28. The molecule has 0 spiro atoms. The molecule has 0 bridgehead atoms. The average Bonchev–Trinajstić information content (AvgIpc) is 2.71. The number of nitrogens with zero attached hydrogens (tertiary/aromatic N) is 3. The minimum Gasteiger partial charge on any atom is -0.396 e. The van der Waals surface area contributed by atoms with Gasteiger partial charge in [-0.05, 0) is 13.8 Å². The van der Waals surface area contributed by atoms with Crippen LogP contribution < -0.4 is 5.73 Å². The van der Waals surface area contributed by atoms with E-state index in [2.05, 4.69) is 29.1 Å². The zero-order valence-corrected chi connectivity index (χ0v) is 8.23. The van der Waals surface area contributed by atoms with Crippen molar-refractivity contribution in [1.82, 2.24) is 20.0 Å².